The zero-order valence-electron chi connectivity index (χ0n) is 59.9. The Hall–Kier alpha value is -4.86. The predicted octanol–water partition coefficient (Wildman–Crippen LogP) is 16.3. The van der Waals surface area contributed by atoms with Crippen LogP contribution >= 0.6 is 31.9 Å². The highest BCUT2D eigenvalue weighted by Gasteiger charge is 2.29. The number of nitrogens with one attached hydrogen (secondary N) is 1. The molecule has 2 aliphatic heterocycles. The van der Waals surface area contributed by atoms with Crippen LogP contribution in [0.5, 0.6) is 0 Å². The zero-order chi connectivity index (χ0) is 70.6. The smallest absolute Gasteiger partial charge is 0.169 e. The fourth-order valence-corrected chi connectivity index (χ4v) is 15.7. The van der Waals surface area contributed by atoms with Gasteiger partial charge in [-0.15, -0.1) is 0 Å². The Morgan fingerprint density at radius 3 is 1.33 bits per heavy atom. The average Bonchev–Trinajstić information content (AvgIpc) is 1.67. The first kappa shape index (κ1) is 77.9. The molecule has 8 aromatic rings. The quantitative estimate of drug-likeness (QED) is 0.0203. The number of aromatic nitrogens is 8. The summed E-state index contributed by atoms with van der Waals surface area (Å²) >= 11 is 7.56. The molecule has 2 saturated heterocycles. The number of fused-ring (bicyclic) bond motifs is 4. The van der Waals surface area contributed by atoms with Gasteiger partial charge in [0.05, 0.1) is 62.5 Å². The minimum Gasteiger partial charge on any atom is -0.375 e. The first-order valence-electron chi connectivity index (χ1n) is 34.0. The molecule has 3 N–H and O–H groups in total. The molecular weight excluding hydrogens is 1430 g/mol. The highest BCUT2D eigenvalue weighted by Crippen LogP contribution is 2.37. The number of nitrogens with zero attached hydrogens (tertiary/aromatic N) is 10. The van der Waals surface area contributed by atoms with Crippen molar-refractivity contribution in [3.8, 4) is 22.3 Å². The molecule has 19 nitrogen and oxygen atoms in total. The number of carbonyl (C=O) groups excluding carboxylic acids is 1. The fraction of sp³-hybridized carbons (Fsp3) is 0.557. The standard InChI is InChI=1S/C35H52BrFN6O3Si2.C28H37BrFN5O3Si2.C7H15NO/c1-24-15-29(16-25(2)46-24)38-21-32-33(36)35(42(22-44-11-13-47(3,4)5)23-45-12-14-48(6,7)8)43-34(41-32)30(20-40-43)27-17-26-18-28(37)9-10-31(26)39-19-27;1-39(2,3)11-9-37-18-34(19-38-10-12-40(4,5)6)28-26(29)25(17-36)33-27-23(16-32-35(27)28)21-13-20-14-22(30)7-8-24(20)31-15-21;1-5-3-7(8)4-6(2)9-5/h9-10,17-20,24-25,29,38H,11-16,21-23H2,1-8H3;7-8,13-17H,9-12,18-19H2,1-6H3;5-7H,3-4,8H2,1-2H3/t24-,25+,29?;;5-,6+,7?. The summed E-state index contributed by atoms with van der Waals surface area (Å²) in [7, 11) is -5.09. The number of nitrogens with two attached hydrogens (primary N) is 1. The van der Waals surface area contributed by atoms with Gasteiger partial charge in [-0.2, -0.15) is 19.2 Å². The molecule has 10 rings (SSSR count). The van der Waals surface area contributed by atoms with Crippen LogP contribution in [0, 0.1) is 11.6 Å². The average molecular weight is 1540 g/mol. The van der Waals surface area contributed by atoms with Crippen LogP contribution in [0.3, 0.4) is 0 Å². The number of hydrogen-bond acceptors (Lipinski definition) is 17. The third-order valence-electron chi connectivity index (χ3n) is 16.8. The van der Waals surface area contributed by atoms with Crippen LogP contribution in [0.25, 0.3) is 55.4 Å². The number of benzene rings is 2. The third-order valence-corrected chi connectivity index (χ3v) is 25.2. The number of halogens is 4. The van der Waals surface area contributed by atoms with Gasteiger partial charge in [0, 0.05) is 123 Å². The van der Waals surface area contributed by atoms with Gasteiger partial charge in [0.2, 0.25) is 0 Å². The minimum absolute atomic E-state index is 0.199. The van der Waals surface area contributed by atoms with Crippen molar-refractivity contribution in [3.05, 3.63) is 105 Å². The van der Waals surface area contributed by atoms with Crippen molar-refractivity contribution in [1.82, 2.24) is 44.5 Å². The van der Waals surface area contributed by atoms with Gasteiger partial charge < -0.3 is 49.3 Å². The van der Waals surface area contributed by atoms with Crippen molar-refractivity contribution in [2.75, 3.05) is 63.2 Å². The van der Waals surface area contributed by atoms with Crippen LogP contribution in [-0.2, 0) is 35.0 Å². The summed E-state index contributed by atoms with van der Waals surface area (Å²) in [6.45, 7) is 40.9. The fourth-order valence-electron chi connectivity index (χ4n) is 11.4. The number of hydrogen-bond donors (Lipinski definition) is 2. The van der Waals surface area contributed by atoms with E-state index in [0.29, 0.717) is 115 Å². The summed E-state index contributed by atoms with van der Waals surface area (Å²) < 4.78 is 69.4. The topological polar surface area (TPSA) is 203 Å². The molecule has 6 aromatic heterocycles. The second-order valence-electron chi connectivity index (χ2n) is 30.9. The Kier molecular flexibility index (Phi) is 27.8. The zero-order valence-corrected chi connectivity index (χ0v) is 67.1. The summed E-state index contributed by atoms with van der Waals surface area (Å²) in [6.07, 6.45) is 12.8. The third kappa shape index (κ3) is 23.3. The molecule has 27 heteroatoms. The van der Waals surface area contributed by atoms with Crippen molar-refractivity contribution in [2.24, 2.45) is 5.73 Å². The molecule has 0 amide bonds. The summed E-state index contributed by atoms with van der Waals surface area (Å²) in [5, 5.41) is 14.7. The highest BCUT2D eigenvalue weighted by molar-refractivity contribution is 9.11. The molecule has 2 aliphatic rings. The Morgan fingerprint density at radius 1 is 0.567 bits per heavy atom. The van der Waals surface area contributed by atoms with E-state index in [9.17, 15) is 13.6 Å². The van der Waals surface area contributed by atoms with E-state index in [0.717, 1.165) is 93.4 Å². The molecule has 8 heterocycles. The molecule has 97 heavy (non-hydrogen) atoms. The number of ether oxygens (including phenoxy) is 6. The second-order valence-corrected chi connectivity index (χ2v) is 55.0. The van der Waals surface area contributed by atoms with E-state index in [1.165, 1.54) is 24.3 Å². The van der Waals surface area contributed by atoms with E-state index in [1.54, 1.807) is 35.2 Å². The van der Waals surface area contributed by atoms with Gasteiger partial charge in [0.1, 0.15) is 44.3 Å². The van der Waals surface area contributed by atoms with Gasteiger partial charge in [-0.25, -0.2) is 18.7 Å². The van der Waals surface area contributed by atoms with Gasteiger partial charge in [0.15, 0.2) is 29.2 Å². The van der Waals surface area contributed by atoms with Gasteiger partial charge in [-0.05, 0) is 158 Å². The van der Waals surface area contributed by atoms with Gasteiger partial charge in [-0.3, -0.25) is 14.8 Å². The summed E-state index contributed by atoms with van der Waals surface area (Å²) in [5.74, 6) is 0.796. The summed E-state index contributed by atoms with van der Waals surface area (Å²) in [6, 6.07) is 17.8. The Balaban J connectivity index is 0.000000222. The van der Waals surface area contributed by atoms with E-state index in [-0.39, 0.29) is 43.0 Å². The molecule has 2 fully saturated rings. The first-order valence-corrected chi connectivity index (χ1v) is 50.4. The molecule has 6 atom stereocenters. The van der Waals surface area contributed by atoms with E-state index in [4.69, 9.17) is 44.2 Å². The molecule has 0 radical (unpaired) electrons. The maximum absolute atomic E-state index is 14.2. The van der Waals surface area contributed by atoms with E-state index in [1.807, 2.05) is 27.7 Å². The molecule has 530 valence electrons. The number of carbonyl (C=O) groups is 1. The lowest BCUT2D eigenvalue weighted by Gasteiger charge is -2.33. The second kappa shape index (κ2) is 34.7. The molecule has 0 aliphatic carbocycles. The van der Waals surface area contributed by atoms with Crippen molar-refractivity contribution < 1.29 is 42.0 Å². The molecule has 2 aromatic carbocycles. The molecule has 0 bridgehead atoms. The largest absolute Gasteiger partial charge is 0.375 e. The minimum atomic E-state index is -1.27. The number of rotatable bonds is 28. The maximum atomic E-state index is 14.2. The van der Waals surface area contributed by atoms with Crippen LogP contribution in [0.4, 0.5) is 20.4 Å². The van der Waals surface area contributed by atoms with Crippen LogP contribution < -0.4 is 20.9 Å². The molecule has 2 unspecified atom stereocenters. The SMILES string of the molecule is C[C@@H]1CC(N)C[C@H](C)O1.C[C@@H]1CC(NCc2nc3c(-c4cnc5ccc(F)cc5c4)cnn3c(N(COCC[Si](C)(C)C)COCC[Si](C)(C)C)c2Br)C[C@H](C)O1.C[Si](C)(C)CCOCN(COCC[Si](C)(C)C)c1c(Br)c(C=O)nc2c(-c3cnc4ccc(F)cc4c3)cnn12. The van der Waals surface area contributed by atoms with Gasteiger partial charge in [0.25, 0.3) is 0 Å². The van der Waals surface area contributed by atoms with Crippen molar-refractivity contribution in [3.63, 3.8) is 0 Å². The highest BCUT2D eigenvalue weighted by atomic mass is 79.9. The van der Waals surface area contributed by atoms with Gasteiger partial charge >= 0.3 is 0 Å². The predicted molar refractivity (Wildman–Crippen MR) is 406 cm³/mol. The lowest BCUT2D eigenvalue weighted by Crippen LogP contribution is -2.41. The van der Waals surface area contributed by atoms with Crippen molar-refractivity contribution >= 4 is 115 Å². The molecule has 0 saturated carbocycles. The number of aldehydes is 1. The first-order chi connectivity index (χ1) is 45.7. The number of pyridine rings is 2. The van der Waals surface area contributed by atoms with Crippen LogP contribution in [-0.4, -0.2) is 168 Å². The maximum Gasteiger partial charge on any atom is 0.169 e. The lowest BCUT2D eigenvalue weighted by molar-refractivity contribution is -0.0423. The van der Waals surface area contributed by atoms with Crippen LogP contribution in [0.1, 0.15) is 69.6 Å². The van der Waals surface area contributed by atoms with E-state index < -0.39 is 32.3 Å². The summed E-state index contributed by atoms with van der Waals surface area (Å²) in [5.41, 5.74) is 12.4. The Labute approximate surface area is 593 Å². The number of anilines is 2. The summed E-state index contributed by atoms with van der Waals surface area (Å²) in [4.78, 5) is 35.1. The van der Waals surface area contributed by atoms with Crippen LogP contribution in [0.2, 0.25) is 103 Å². The van der Waals surface area contributed by atoms with Crippen LogP contribution in [0.15, 0.2) is 82.3 Å². The Bertz CT molecular complexity index is 3830. The van der Waals surface area contributed by atoms with Crippen molar-refractivity contribution in [1.29, 1.82) is 0 Å². The van der Waals surface area contributed by atoms with E-state index >= 15 is 0 Å². The molecule has 0 spiro atoms. The lowest BCUT2D eigenvalue weighted by atomic mass is 10.00. The monoisotopic (exact) mass is 1530 g/mol. The Morgan fingerprint density at radius 2 is 0.948 bits per heavy atom. The van der Waals surface area contributed by atoms with Crippen molar-refractivity contribution in [2.45, 2.75) is 199 Å². The normalized spacial score (nSPS) is 18.7. The molecular formula is C70H104Br2F2N12O7Si4. The van der Waals surface area contributed by atoms with Gasteiger partial charge in [-0.1, -0.05) is 78.6 Å². The van der Waals surface area contributed by atoms with E-state index in [2.05, 4.69) is 168 Å².